The first-order valence-electron chi connectivity index (χ1n) is 5.21. The summed E-state index contributed by atoms with van der Waals surface area (Å²) in [5, 5.41) is 0. The van der Waals surface area contributed by atoms with E-state index in [1.54, 1.807) is 0 Å². The van der Waals surface area contributed by atoms with E-state index >= 15 is 0 Å². The first kappa shape index (κ1) is 14.4. The monoisotopic (exact) mass is 264 g/mol. The minimum atomic E-state index is -4.72. The molecule has 1 rings (SSSR count). The minimum Gasteiger partial charge on any atom is -0.490 e. The molecule has 2 N–H and O–H groups in total. The molecule has 0 unspecified atom stereocenters. The highest BCUT2D eigenvalue weighted by atomic mass is 19.4. The smallest absolute Gasteiger partial charge is 0.490 e. The Morgan fingerprint density at radius 3 is 2.44 bits per heavy atom. The minimum absolute atomic E-state index is 0.107. The van der Waals surface area contributed by atoms with Gasteiger partial charge in [-0.15, -0.1) is 13.2 Å². The molecule has 0 bridgehead atoms. The number of ether oxygens (including phenoxy) is 2. The zero-order valence-electron chi connectivity index (χ0n) is 10.1. The van der Waals surface area contributed by atoms with Gasteiger partial charge in [0.2, 0.25) is 0 Å². The standard InChI is InChI=1S/C11H15F3N2O2/c1-16(2)5-6-17-10-4-3-8(7-9(10)15)18-11(12,13)14/h3-4,7H,5-6,15H2,1-2H3. The lowest BCUT2D eigenvalue weighted by atomic mass is 10.3. The van der Waals surface area contributed by atoms with Gasteiger partial charge in [0.05, 0.1) is 5.69 Å². The number of alkyl halides is 3. The van der Waals surface area contributed by atoms with Crippen LogP contribution in [0.3, 0.4) is 0 Å². The molecule has 0 aliphatic rings. The number of hydrogen-bond donors (Lipinski definition) is 1. The normalized spacial score (nSPS) is 11.7. The predicted molar refractivity (Wildman–Crippen MR) is 61.6 cm³/mol. The van der Waals surface area contributed by atoms with E-state index in [0.717, 1.165) is 12.1 Å². The summed E-state index contributed by atoms with van der Waals surface area (Å²) in [5.74, 6) is -0.0219. The van der Waals surface area contributed by atoms with Crippen molar-refractivity contribution in [3.8, 4) is 11.5 Å². The first-order chi connectivity index (χ1) is 8.28. The Bertz CT molecular complexity index is 394. The number of benzene rings is 1. The Hall–Kier alpha value is -1.63. The van der Waals surface area contributed by atoms with Crippen molar-refractivity contribution in [3.05, 3.63) is 18.2 Å². The average molecular weight is 264 g/mol. The molecule has 0 fully saturated rings. The number of nitrogen functional groups attached to an aromatic ring is 1. The molecule has 0 aromatic heterocycles. The summed E-state index contributed by atoms with van der Waals surface area (Å²) in [7, 11) is 3.76. The maximum absolute atomic E-state index is 12.0. The number of nitrogens with two attached hydrogens (primary N) is 1. The SMILES string of the molecule is CN(C)CCOc1ccc(OC(F)(F)F)cc1N. The van der Waals surface area contributed by atoms with Crippen LogP contribution in [0.2, 0.25) is 0 Å². The van der Waals surface area contributed by atoms with Crippen molar-refractivity contribution in [2.24, 2.45) is 0 Å². The summed E-state index contributed by atoms with van der Waals surface area (Å²) in [6, 6.07) is 3.60. The van der Waals surface area contributed by atoms with Gasteiger partial charge < -0.3 is 20.1 Å². The molecule has 1 aromatic rings. The van der Waals surface area contributed by atoms with E-state index in [-0.39, 0.29) is 11.4 Å². The lowest BCUT2D eigenvalue weighted by Gasteiger charge is -2.14. The van der Waals surface area contributed by atoms with Crippen LogP contribution in [-0.4, -0.2) is 38.5 Å². The number of anilines is 1. The van der Waals surface area contributed by atoms with Crippen molar-refractivity contribution in [3.63, 3.8) is 0 Å². The molecular weight excluding hydrogens is 249 g/mol. The van der Waals surface area contributed by atoms with Crippen LogP contribution < -0.4 is 15.2 Å². The predicted octanol–water partition coefficient (Wildman–Crippen LogP) is 2.11. The van der Waals surface area contributed by atoms with Crippen LogP contribution >= 0.6 is 0 Å². The van der Waals surface area contributed by atoms with Crippen LogP contribution in [0.15, 0.2) is 18.2 Å². The van der Waals surface area contributed by atoms with Crippen molar-refractivity contribution < 1.29 is 22.6 Å². The second kappa shape index (κ2) is 5.81. The molecule has 0 aliphatic carbocycles. The van der Waals surface area contributed by atoms with Crippen molar-refractivity contribution in [1.82, 2.24) is 4.90 Å². The summed E-state index contributed by atoms with van der Waals surface area (Å²) in [6.45, 7) is 1.08. The van der Waals surface area contributed by atoms with Gasteiger partial charge in [0.25, 0.3) is 0 Å². The van der Waals surface area contributed by atoms with Crippen molar-refractivity contribution in [2.75, 3.05) is 33.0 Å². The molecule has 0 saturated heterocycles. The van der Waals surface area contributed by atoms with Gasteiger partial charge in [0.1, 0.15) is 18.1 Å². The third-order valence-corrected chi connectivity index (χ3v) is 2.01. The highest BCUT2D eigenvalue weighted by molar-refractivity contribution is 5.56. The highest BCUT2D eigenvalue weighted by Gasteiger charge is 2.31. The summed E-state index contributed by atoms with van der Waals surface area (Å²) in [4.78, 5) is 1.91. The molecular formula is C11H15F3N2O2. The van der Waals surface area contributed by atoms with Crippen molar-refractivity contribution >= 4 is 5.69 Å². The van der Waals surface area contributed by atoms with E-state index in [1.165, 1.54) is 6.07 Å². The molecule has 0 spiro atoms. The molecule has 0 radical (unpaired) electrons. The lowest BCUT2D eigenvalue weighted by molar-refractivity contribution is -0.274. The summed E-state index contributed by atoms with van der Waals surface area (Å²) in [6.07, 6.45) is -4.72. The average Bonchev–Trinajstić information content (AvgIpc) is 2.18. The summed E-state index contributed by atoms with van der Waals surface area (Å²) in [5.41, 5.74) is 5.68. The van der Waals surface area contributed by atoms with E-state index in [1.807, 2.05) is 19.0 Å². The van der Waals surface area contributed by atoms with Crippen LogP contribution in [0.4, 0.5) is 18.9 Å². The van der Waals surface area contributed by atoms with Crippen LogP contribution in [0.5, 0.6) is 11.5 Å². The van der Waals surface area contributed by atoms with Crippen molar-refractivity contribution in [1.29, 1.82) is 0 Å². The van der Waals surface area contributed by atoms with Gasteiger partial charge in [-0.25, -0.2) is 0 Å². The fourth-order valence-corrected chi connectivity index (χ4v) is 1.19. The van der Waals surface area contributed by atoms with E-state index in [4.69, 9.17) is 10.5 Å². The molecule has 0 heterocycles. The number of hydrogen-bond acceptors (Lipinski definition) is 4. The van der Waals surface area contributed by atoms with Crippen LogP contribution in [0.25, 0.3) is 0 Å². The van der Waals surface area contributed by atoms with Gasteiger partial charge in [0, 0.05) is 12.6 Å². The Morgan fingerprint density at radius 1 is 1.28 bits per heavy atom. The van der Waals surface area contributed by atoms with Gasteiger partial charge in [-0.05, 0) is 26.2 Å². The maximum Gasteiger partial charge on any atom is 0.573 e. The lowest BCUT2D eigenvalue weighted by Crippen LogP contribution is -2.20. The molecule has 0 aliphatic heterocycles. The third kappa shape index (κ3) is 5.13. The number of likely N-dealkylation sites (N-methyl/N-ethyl adjacent to an activating group) is 1. The van der Waals surface area contributed by atoms with Crippen LogP contribution in [-0.2, 0) is 0 Å². The van der Waals surface area contributed by atoms with Crippen LogP contribution in [0, 0.1) is 0 Å². The fraction of sp³-hybridized carbons (Fsp3) is 0.455. The maximum atomic E-state index is 12.0. The molecule has 1 aromatic carbocycles. The Labute approximate surface area is 103 Å². The number of nitrogens with zero attached hydrogens (tertiary/aromatic N) is 1. The second-order valence-corrected chi connectivity index (χ2v) is 3.90. The van der Waals surface area contributed by atoms with Gasteiger partial charge in [0.15, 0.2) is 0 Å². The van der Waals surface area contributed by atoms with Crippen LogP contribution in [0.1, 0.15) is 0 Å². The van der Waals surface area contributed by atoms with Gasteiger partial charge in [-0.1, -0.05) is 0 Å². The molecule has 0 amide bonds. The van der Waals surface area contributed by atoms with E-state index in [2.05, 4.69) is 4.74 Å². The largest absolute Gasteiger partial charge is 0.573 e. The van der Waals surface area contributed by atoms with E-state index in [0.29, 0.717) is 18.9 Å². The fourth-order valence-electron chi connectivity index (χ4n) is 1.19. The molecule has 7 heteroatoms. The number of halogens is 3. The molecule has 102 valence electrons. The highest BCUT2D eigenvalue weighted by Crippen LogP contribution is 2.29. The zero-order valence-corrected chi connectivity index (χ0v) is 10.1. The van der Waals surface area contributed by atoms with E-state index < -0.39 is 6.36 Å². The quantitative estimate of drug-likeness (QED) is 0.827. The first-order valence-corrected chi connectivity index (χ1v) is 5.21. The molecule has 0 saturated carbocycles. The summed E-state index contributed by atoms with van der Waals surface area (Å²) >= 11 is 0. The second-order valence-electron chi connectivity index (χ2n) is 3.90. The van der Waals surface area contributed by atoms with E-state index in [9.17, 15) is 13.2 Å². The molecule has 4 nitrogen and oxygen atoms in total. The Morgan fingerprint density at radius 2 is 1.94 bits per heavy atom. The van der Waals surface area contributed by atoms with Gasteiger partial charge >= 0.3 is 6.36 Å². The topological polar surface area (TPSA) is 47.7 Å². The Kier molecular flexibility index (Phi) is 4.66. The third-order valence-electron chi connectivity index (χ3n) is 2.01. The van der Waals surface area contributed by atoms with Crippen molar-refractivity contribution in [2.45, 2.75) is 6.36 Å². The summed E-state index contributed by atoms with van der Waals surface area (Å²) < 4.78 is 45.0. The Balaban J connectivity index is 2.62. The van der Waals surface area contributed by atoms with Gasteiger partial charge in [-0.3, -0.25) is 0 Å². The number of rotatable bonds is 5. The molecule has 0 atom stereocenters. The zero-order chi connectivity index (χ0) is 13.8. The van der Waals surface area contributed by atoms with Gasteiger partial charge in [-0.2, -0.15) is 0 Å². The molecule has 18 heavy (non-hydrogen) atoms.